The lowest BCUT2D eigenvalue weighted by atomic mass is 9.91. The third kappa shape index (κ3) is 4.15. The normalized spacial score (nSPS) is 13.5. The molecule has 1 heterocycles. The fourth-order valence-electron chi connectivity index (χ4n) is 3.48. The maximum absolute atomic E-state index is 13.2. The van der Waals surface area contributed by atoms with Gasteiger partial charge >= 0.3 is 0 Å². The Morgan fingerprint density at radius 3 is 1.50 bits per heavy atom. The summed E-state index contributed by atoms with van der Waals surface area (Å²) in [6.07, 6.45) is 3.98. The molecule has 3 aromatic rings. The standard InChI is InChI=1S/C27H23NO2/c1-19-8-12-21(13-9-19)26(29)23-16-24(27(30)22-14-10-20(2)11-15-22)18-28(17-23)25-6-4-3-5-7-25/h3-15,17-18H,16H2,1-2H3. The van der Waals surface area contributed by atoms with Crippen molar-refractivity contribution >= 4 is 17.3 Å². The highest BCUT2D eigenvalue weighted by Crippen LogP contribution is 2.29. The van der Waals surface area contributed by atoms with Crippen LogP contribution >= 0.6 is 0 Å². The van der Waals surface area contributed by atoms with E-state index < -0.39 is 0 Å². The van der Waals surface area contributed by atoms with Crippen LogP contribution in [0, 0.1) is 13.8 Å². The quantitative estimate of drug-likeness (QED) is 0.495. The van der Waals surface area contributed by atoms with Crippen molar-refractivity contribution in [3.05, 3.63) is 125 Å². The first kappa shape index (κ1) is 19.6. The Morgan fingerprint density at radius 1 is 0.633 bits per heavy atom. The first-order valence-corrected chi connectivity index (χ1v) is 9.99. The van der Waals surface area contributed by atoms with Crippen LogP contribution in [0.2, 0.25) is 0 Å². The maximum atomic E-state index is 13.2. The Hall–Kier alpha value is -3.72. The van der Waals surface area contributed by atoms with E-state index in [-0.39, 0.29) is 11.6 Å². The van der Waals surface area contributed by atoms with E-state index in [2.05, 4.69) is 0 Å². The molecule has 0 atom stereocenters. The number of anilines is 1. The van der Waals surface area contributed by atoms with E-state index in [1.807, 2.05) is 110 Å². The Kier molecular flexibility index (Phi) is 5.44. The highest BCUT2D eigenvalue weighted by atomic mass is 16.1. The van der Waals surface area contributed by atoms with Gasteiger partial charge in [-0.3, -0.25) is 9.59 Å². The van der Waals surface area contributed by atoms with Crippen LogP contribution in [0.4, 0.5) is 5.69 Å². The van der Waals surface area contributed by atoms with Gasteiger partial charge in [0.2, 0.25) is 0 Å². The second kappa shape index (κ2) is 8.34. The molecule has 0 saturated carbocycles. The molecule has 0 fully saturated rings. The number of ketones is 2. The van der Waals surface area contributed by atoms with Gasteiger partial charge in [0.1, 0.15) is 0 Å². The summed E-state index contributed by atoms with van der Waals surface area (Å²) < 4.78 is 0. The summed E-state index contributed by atoms with van der Waals surface area (Å²) in [5.74, 6) is -0.114. The molecule has 0 amide bonds. The Morgan fingerprint density at radius 2 is 1.07 bits per heavy atom. The smallest absolute Gasteiger partial charge is 0.190 e. The van der Waals surface area contributed by atoms with Crippen LogP contribution in [-0.2, 0) is 0 Å². The van der Waals surface area contributed by atoms with Crippen molar-refractivity contribution in [2.45, 2.75) is 20.3 Å². The Balaban J connectivity index is 1.71. The summed E-state index contributed by atoms with van der Waals surface area (Å²) >= 11 is 0. The highest BCUT2D eigenvalue weighted by Gasteiger charge is 2.24. The van der Waals surface area contributed by atoms with Crippen LogP contribution in [-0.4, -0.2) is 11.6 Å². The minimum absolute atomic E-state index is 0.0572. The molecule has 0 bridgehead atoms. The van der Waals surface area contributed by atoms with Crippen molar-refractivity contribution in [1.29, 1.82) is 0 Å². The van der Waals surface area contributed by atoms with Crippen LogP contribution < -0.4 is 4.90 Å². The molecule has 148 valence electrons. The molecule has 1 aliphatic rings. The molecule has 3 heteroatoms. The van der Waals surface area contributed by atoms with E-state index in [4.69, 9.17) is 0 Å². The second-order valence-corrected chi connectivity index (χ2v) is 7.62. The Bertz CT molecular complexity index is 1060. The fourth-order valence-corrected chi connectivity index (χ4v) is 3.48. The summed E-state index contributed by atoms with van der Waals surface area (Å²) in [5.41, 5.74) is 5.56. The second-order valence-electron chi connectivity index (χ2n) is 7.62. The van der Waals surface area contributed by atoms with Gasteiger partial charge in [-0.2, -0.15) is 0 Å². The third-order valence-corrected chi connectivity index (χ3v) is 5.24. The molecule has 0 unspecified atom stereocenters. The highest BCUT2D eigenvalue weighted by molar-refractivity contribution is 6.14. The van der Waals surface area contributed by atoms with Crippen molar-refractivity contribution in [3.63, 3.8) is 0 Å². The summed E-state index contributed by atoms with van der Waals surface area (Å²) in [6.45, 7) is 3.98. The van der Waals surface area contributed by atoms with Crippen molar-refractivity contribution in [3.8, 4) is 0 Å². The SMILES string of the molecule is Cc1ccc(C(=O)C2=CN(c3ccccc3)C=C(C(=O)c3ccc(C)cc3)C2)cc1. The maximum Gasteiger partial charge on any atom is 0.190 e. The third-order valence-electron chi connectivity index (χ3n) is 5.24. The van der Waals surface area contributed by atoms with Gasteiger partial charge in [-0.1, -0.05) is 77.9 Å². The minimum Gasteiger partial charge on any atom is -0.323 e. The number of rotatable bonds is 5. The monoisotopic (exact) mass is 393 g/mol. The molecule has 0 aromatic heterocycles. The topological polar surface area (TPSA) is 37.4 Å². The first-order chi connectivity index (χ1) is 14.5. The van der Waals surface area contributed by atoms with Crippen LogP contribution in [0.5, 0.6) is 0 Å². The predicted octanol–water partition coefficient (Wildman–Crippen LogP) is 6.05. The van der Waals surface area contributed by atoms with Gasteiger partial charge in [0, 0.05) is 46.8 Å². The number of carbonyl (C=O) groups excluding carboxylic acids is 2. The summed E-state index contributed by atoms with van der Waals surface area (Å²) in [7, 11) is 0. The van der Waals surface area contributed by atoms with Gasteiger partial charge < -0.3 is 4.90 Å². The van der Waals surface area contributed by atoms with Crippen LogP contribution in [0.25, 0.3) is 0 Å². The summed E-state index contributed by atoms with van der Waals surface area (Å²) in [5, 5.41) is 0. The number of hydrogen-bond donors (Lipinski definition) is 0. The average Bonchev–Trinajstić information content (AvgIpc) is 2.79. The van der Waals surface area contributed by atoms with Crippen molar-refractivity contribution in [2.75, 3.05) is 4.90 Å². The van der Waals surface area contributed by atoms with Crippen LogP contribution in [0.15, 0.2) is 102 Å². The van der Waals surface area contributed by atoms with Crippen molar-refractivity contribution in [1.82, 2.24) is 0 Å². The molecule has 0 radical (unpaired) electrons. The summed E-state index contributed by atoms with van der Waals surface area (Å²) in [4.78, 5) is 28.3. The lowest BCUT2D eigenvalue weighted by Gasteiger charge is -2.24. The first-order valence-electron chi connectivity index (χ1n) is 9.99. The predicted molar refractivity (Wildman–Crippen MR) is 121 cm³/mol. The van der Waals surface area contributed by atoms with E-state index >= 15 is 0 Å². The molecule has 0 saturated heterocycles. The average molecular weight is 393 g/mol. The molecule has 3 aromatic carbocycles. The van der Waals surface area contributed by atoms with E-state index in [9.17, 15) is 9.59 Å². The number of benzene rings is 3. The number of aryl methyl sites for hydroxylation is 2. The molecule has 30 heavy (non-hydrogen) atoms. The van der Waals surface area contributed by atoms with E-state index in [1.165, 1.54) is 0 Å². The van der Waals surface area contributed by atoms with Gasteiger partial charge in [0.15, 0.2) is 11.6 Å². The number of Topliss-reactive ketones (excluding diaryl/α,β-unsaturated/α-hetero) is 2. The molecule has 3 nitrogen and oxygen atoms in total. The zero-order chi connectivity index (χ0) is 21.1. The number of hydrogen-bond acceptors (Lipinski definition) is 3. The molecule has 0 aliphatic carbocycles. The molecule has 1 aliphatic heterocycles. The van der Waals surface area contributed by atoms with Crippen LogP contribution in [0.1, 0.15) is 38.3 Å². The minimum atomic E-state index is -0.0572. The van der Waals surface area contributed by atoms with Crippen molar-refractivity contribution in [2.24, 2.45) is 0 Å². The van der Waals surface area contributed by atoms with Gasteiger partial charge in [0.25, 0.3) is 0 Å². The zero-order valence-electron chi connectivity index (χ0n) is 17.1. The van der Waals surface area contributed by atoms with Crippen molar-refractivity contribution < 1.29 is 9.59 Å². The van der Waals surface area contributed by atoms with E-state index in [1.54, 1.807) is 0 Å². The fraction of sp³-hybridized carbons (Fsp3) is 0.111. The zero-order valence-corrected chi connectivity index (χ0v) is 17.1. The number of nitrogens with zero attached hydrogens (tertiary/aromatic N) is 1. The molecular weight excluding hydrogens is 370 g/mol. The number of allylic oxidation sites excluding steroid dienone is 2. The Labute approximate surface area is 177 Å². The number of carbonyl (C=O) groups is 2. The van der Waals surface area contributed by atoms with E-state index in [0.29, 0.717) is 28.7 Å². The lowest BCUT2D eigenvalue weighted by molar-refractivity contribution is 0.102. The molecule has 0 spiro atoms. The van der Waals surface area contributed by atoms with E-state index in [0.717, 1.165) is 16.8 Å². The van der Waals surface area contributed by atoms with Gasteiger partial charge in [-0.25, -0.2) is 0 Å². The van der Waals surface area contributed by atoms with Gasteiger partial charge in [-0.05, 0) is 26.0 Å². The lowest BCUT2D eigenvalue weighted by Crippen LogP contribution is -2.21. The summed E-state index contributed by atoms with van der Waals surface area (Å²) in [6, 6.07) is 24.8. The number of para-hydroxylation sites is 1. The molecular formula is C27H23NO2. The van der Waals surface area contributed by atoms with Crippen LogP contribution in [0.3, 0.4) is 0 Å². The van der Waals surface area contributed by atoms with Gasteiger partial charge in [-0.15, -0.1) is 0 Å². The largest absolute Gasteiger partial charge is 0.323 e. The molecule has 4 rings (SSSR count). The van der Waals surface area contributed by atoms with Gasteiger partial charge in [0.05, 0.1) is 0 Å². The molecule has 0 N–H and O–H groups in total.